The minimum absolute atomic E-state index is 0.0451. The topological polar surface area (TPSA) is 76.1 Å². The van der Waals surface area contributed by atoms with Crippen molar-refractivity contribution >= 4 is 12.0 Å². The number of rotatable bonds is 8. The molecule has 0 radical (unpaired) electrons. The summed E-state index contributed by atoms with van der Waals surface area (Å²) in [5, 5.41) is 11.6. The maximum Gasteiger partial charge on any atom is 0.417 e. The number of aliphatic hydroxyl groups is 1. The molecule has 5 rings (SSSR count). The molecular weight excluding hydrogens is 502 g/mol. The molecule has 0 spiro atoms. The third-order valence-corrected chi connectivity index (χ3v) is 7.46. The number of aliphatic hydroxyl groups excluding tert-OH is 1. The fraction of sp³-hybridized carbons (Fsp3) is 0.235. The number of hydrogen-bond donors (Lipinski definition) is 1. The summed E-state index contributed by atoms with van der Waals surface area (Å²) in [6.45, 7) is 5.13. The van der Waals surface area contributed by atoms with Gasteiger partial charge in [-0.05, 0) is 48.6 Å². The summed E-state index contributed by atoms with van der Waals surface area (Å²) in [4.78, 5) is 28.7. The lowest BCUT2D eigenvalue weighted by Crippen LogP contribution is -2.54. The monoisotopic (exact) mass is 535 g/mol. The second-order valence-corrected chi connectivity index (χ2v) is 10.7. The molecule has 0 unspecified atom stereocenters. The van der Waals surface area contributed by atoms with Crippen LogP contribution in [-0.4, -0.2) is 33.2 Å². The number of carbonyl (C=O) groups is 2. The number of carbonyl (C=O) groups excluding carboxylic acids is 2. The van der Waals surface area contributed by atoms with E-state index in [0.29, 0.717) is 5.56 Å². The van der Waals surface area contributed by atoms with Crippen LogP contribution in [-0.2, 0) is 20.9 Å². The van der Waals surface area contributed by atoms with Gasteiger partial charge in [0, 0.05) is 0 Å². The van der Waals surface area contributed by atoms with E-state index in [1.807, 2.05) is 91.0 Å². The highest BCUT2D eigenvalue weighted by Crippen LogP contribution is 2.44. The molecule has 2 amide bonds. The van der Waals surface area contributed by atoms with E-state index in [1.54, 1.807) is 38.1 Å². The highest BCUT2D eigenvalue weighted by Gasteiger charge is 2.57. The smallest absolute Gasteiger partial charge is 0.417 e. The number of amides is 2. The van der Waals surface area contributed by atoms with E-state index in [0.717, 1.165) is 27.2 Å². The van der Waals surface area contributed by atoms with Crippen molar-refractivity contribution < 1.29 is 24.2 Å². The summed E-state index contributed by atoms with van der Waals surface area (Å²) in [5.74, 6) is -0.672. The van der Waals surface area contributed by atoms with Gasteiger partial charge < -0.3 is 14.6 Å². The highest BCUT2D eigenvalue weighted by atomic mass is 16.6. The first-order chi connectivity index (χ1) is 19.2. The molecule has 1 fully saturated rings. The molecule has 204 valence electrons. The van der Waals surface area contributed by atoms with Gasteiger partial charge in [-0.25, -0.2) is 9.69 Å². The molecule has 1 N–H and O–H groups in total. The predicted octanol–water partition coefficient (Wildman–Crippen LogP) is 6.86. The van der Waals surface area contributed by atoms with Gasteiger partial charge in [-0.1, -0.05) is 115 Å². The first-order valence-corrected chi connectivity index (χ1v) is 13.3. The number of imide groups is 1. The van der Waals surface area contributed by atoms with Crippen LogP contribution in [0.4, 0.5) is 4.79 Å². The Morgan fingerprint density at radius 3 is 2.00 bits per heavy atom. The average Bonchev–Trinajstić information content (AvgIpc) is 3.24. The van der Waals surface area contributed by atoms with Crippen molar-refractivity contribution in [3.05, 3.63) is 132 Å². The standard InChI is InChI=1S/C34H33NO5/c1-33(2)29(27-15-9-5-10-16-27)35(32(38)40-33)31(37)34(3,30(36)28-17-11-6-12-18-28)39-23-24-19-21-26(22-20-24)25-13-7-4-8-14-25/h4-22,29-30,36H,23H2,1-3H3/t29-,30-,34-/m0/s1. The lowest BCUT2D eigenvalue weighted by Gasteiger charge is -2.38. The number of hydrogen-bond acceptors (Lipinski definition) is 5. The maximum atomic E-state index is 14.4. The third kappa shape index (κ3) is 5.28. The van der Waals surface area contributed by atoms with Crippen LogP contribution in [0.1, 0.15) is 49.6 Å². The Balaban J connectivity index is 1.48. The van der Waals surface area contributed by atoms with Gasteiger partial charge in [-0.15, -0.1) is 0 Å². The van der Waals surface area contributed by atoms with Crippen LogP contribution in [0, 0.1) is 0 Å². The van der Waals surface area contributed by atoms with E-state index < -0.39 is 35.3 Å². The van der Waals surface area contributed by atoms with Crippen LogP contribution < -0.4 is 0 Å². The van der Waals surface area contributed by atoms with Gasteiger partial charge in [0.25, 0.3) is 5.91 Å². The molecule has 1 heterocycles. The largest absolute Gasteiger partial charge is 0.440 e. The zero-order valence-corrected chi connectivity index (χ0v) is 22.9. The second kappa shape index (κ2) is 11.1. The van der Waals surface area contributed by atoms with Gasteiger partial charge in [0.2, 0.25) is 0 Å². The summed E-state index contributed by atoms with van der Waals surface area (Å²) in [7, 11) is 0. The quantitative estimate of drug-likeness (QED) is 0.267. The number of nitrogens with zero attached hydrogens (tertiary/aromatic N) is 1. The van der Waals surface area contributed by atoms with Crippen molar-refractivity contribution in [2.24, 2.45) is 0 Å². The van der Waals surface area contributed by atoms with E-state index in [4.69, 9.17) is 9.47 Å². The van der Waals surface area contributed by atoms with Crippen molar-refractivity contribution in [1.29, 1.82) is 0 Å². The van der Waals surface area contributed by atoms with E-state index in [9.17, 15) is 14.7 Å². The van der Waals surface area contributed by atoms with Crippen molar-refractivity contribution in [2.45, 2.75) is 50.7 Å². The SMILES string of the molecule is CC1(C)OC(=O)N(C(=O)[C@@](C)(OCc2ccc(-c3ccccc3)cc2)[C@@H](O)c2ccccc2)[C@H]1c1ccccc1. The summed E-state index contributed by atoms with van der Waals surface area (Å²) >= 11 is 0. The van der Waals surface area contributed by atoms with Crippen LogP contribution in [0.3, 0.4) is 0 Å². The van der Waals surface area contributed by atoms with Gasteiger partial charge in [0.15, 0.2) is 5.60 Å². The molecule has 6 nitrogen and oxygen atoms in total. The third-order valence-electron chi connectivity index (χ3n) is 7.46. The molecule has 0 saturated carbocycles. The van der Waals surface area contributed by atoms with Crippen LogP contribution in [0.15, 0.2) is 115 Å². The first kappa shape index (κ1) is 27.3. The van der Waals surface area contributed by atoms with Crippen LogP contribution in [0.2, 0.25) is 0 Å². The fourth-order valence-corrected chi connectivity index (χ4v) is 5.24. The maximum absolute atomic E-state index is 14.4. The Morgan fingerprint density at radius 1 is 0.875 bits per heavy atom. The normalized spacial score (nSPS) is 18.6. The number of ether oxygens (including phenoxy) is 2. The van der Waals surface area contributed by atoms with Crippen molar-refractivity contribution in [3.8, 4) is 11.1 Å². The van der Waals surface area contributed by atoms with Gasteiger partial charge >= 0.3 is 6.09 Å². The average molecular weight is 536 g/mol. The molecule has 6 heteroatoms. The second-order valence-electron chi connectivity index (χ2n) is 10.7. The van der Waals surface area contributed by atoms with Crippen LogP contribution in [0.25, 0.3) is 11.1 Å². The minimum atomic E-state index is -1.80. The summed E-state index contributed by atoms with van der Waals surface area (Å²) < 4.78 is 12.0. The number of benzene rings is 4. The van der Waals surface area contributed by atoms with Gasteiger partial charge in [-0.2, -0.15) is 0 Å². The Morgan fingerprint density at radius 2 is 1.40 bits per heavy atom. The lowest BCUT2D eigenvalue weighted by molar-refractivity contribution is -0.174. The molecule has 1 aliphatic rings. The predicted molar refractivity (Wildman–Crippen MR) is 153 cm³/mol. The van der Waals surface area contributed by atoms with Gasteiger partial charge in [0.1, 0.15) is 17.7 Å². The molecule has 0 bridgehead atoms. The summed E-state index contributed by atoms with van der Waals surface area (Å²) in [5.41, 5.74) is 1.44. The zero-order valence-electron chi connectivity index (χ0n) is 22.9. The fourth-order valence-electron chi connectivity index (χ4n) is 5.24. The molecule has 4 aromatic carbocycles. The van der Waals surface area contributed by atoms with E-state index in [-0.39, 0.29) is 6.61 Å². The van der Waals surface area contributed by atoms with Crippen molar-refractivity contribution in [1.82, 2.24) is 4.90 Å². The lowest BCUT2D eigenvalue weighted by atomic mass is 9.87. The van der Waals surface area contributed by atoms with Crippen molar-refractivity contribution in [3.63, 3.8) is 0 Å². The molecule has 1 aliphatic heterocycles. The Hall–Kier alpha value is -4.26. The van der Waals surface area contributed by atoms with E-state index in [2.05, 4.69) is 0 Å². The summed E-state index contributed by atoms with van der Waals surface area (Å²) in [6.07, 6.45) is -2.12. The van der Waals surface area contributed by atoms with E-state index >= 15 is 0 Å². The Labute approximate surface area is 234 Å². The molecule has 0 aliphatic carbocycles. The highest BCUT2D eigenvalue weighted by molar-refractivity contribution is 5.99. The van der Waals surface area contributed by atoms with Gasteiger partial charge in [-0.3, -0.25) is 4.79 Å². The van der Waals surface area contributed by atoms with Crippen LogP contribution >= 0.6 is 0 Å². The molecule has 4 aromatic rings. The molecule has 0 aromatic heterocycles. The first-order valence-electron chi connectivity index (χ1n) is 13.3. The van der Waals surface area contributed by atoms with Crippen molar-refractivity contribution in [2.75, 3.05) is 0 Å². The van der Waals surface area contributed by atoms with Gasteiger partial charge in [0.05, 0.1) is 6.61 Å². The summed E-state index contributed by atoms with van der Waals surface area (Å²) in [6, 6.07) is 35.3. The van der Waals surface area contributed by atoms with E-state index in [1.165, 1.54) is 6.92 Å². The van der Waals surface area contributed by atoms with Crippen LogP contribution in [0.5, 0.6) is 0 Å². The molecular formula is C34H33NO5. The Kier molecular flexibility index (Phi) is 7.57. The molecule has 40 heavy (non-hydrogen) atoms. The molecule has 3 atom stereocenters. The zero-order chi connectivity index (χ0) is 28.3. The Bertz CT molecular complexity index is 1450. The molecule has 1 saturated heterocycles. The number of cyclic esters (lactones) is 1. The minimum Gasteiger partial charge on any atom is -0.440 e.